The summed E-state index contributed by atoms with van der Waals surface area (Å²) in [5, 5.41) is 3.65. The van der Waals surface area contributed by atoms with E-state index in [1.54, 1.807) is 25.6 Å². The van der Waals surface area contributed by atoms with E-state index in [9.17, 15) is 4.79 Å². The summed E-state index contributed by atoms with van der Waals surface area (Å²) in [6, 6.07) is 15.5. The molecular weight excluding hydrogens is 364 g/mol. The van der Waals surface area contributed by atoms with Crippen molar-refractivity contribution in [2.75, 3.05) is 7.05 Å². The van der Waals surface area contributed by atoms with Crippen molar-refractivity contribution in [3.63, 3.8) is 0 Å². The van der Waals surface area contributed by atoms with E-state index in [2.05, 4.69) is 15.3 Å². The third-order valence-electron chi connectivity index (χ3n) is 5.02. The van der Waals surface area contributed by atoms with Crippen LogP contribution in [0.4, 0.5) is 0 Å². The Morgan fingerprint density at radius 1 is 1.07 bits per heavy atom. The summed E-state index contributed by atoms with van der Waals surface area (Å²) < 4.78 is 1.94. The maximum atomic E-state index is 12.0. The first-order valence-electron chi connectivity index (χ1n) is 9.23. The van der Waals surface area contributed by atoms with Crippen LogP contribution in [0.15, 0.2) is 61.1 Å². The van der Waals surface area contributed by atoms with Gasteiger partial charge in [0.25, 0.3) is 5.91 Å². The number of pyridine rings is 1. The number of benzene rings is 2. The van der Waals surface area contributed by atoms with Crippen molar-refractivity contribution >= 4 is 27.8 Å². The summed E-state index contributed by atoms with van der Waals surface area (Å²) in [4.78, 5) is 29.1. The number of aromatic amines is 1. The van der Waals surface area contributed by atoms with Gasteiger partial charge in [0.1, 0.15) is 5.82 Å². The number of amides is 1. The first-order valence-corrected chi connectivity index (χ1v) is 9.23. The van der Waals surface area contributed by atoms with Crippen molar-refractivity contribution in [2.24, 2.45) is 7.05 Å². The van der Waals surface area contributed by atoms with Crippen molar-refractivity contribution < 1.29 is 4.79 Å². The zero-order valence-corrected chi connectivity index (χ0v) is 16.0. The zero-order valence-electron chi connectivity index (χ0n) is 16.0. The topological polar surface area (TPSA) is 88.5 Å². The normalized spacial score (nSPS) is 11.2. The fraction of sp³-hybridized carbons (Fsp3) is 0.0909. The number of carbonyl (C=O) groups is 1. The Bertz CT molecular complexity index is 1380. The summed E-state index contributed by atoms with van der Waals surface area (Å²) in [5.74, 6) is 0.604. The molecule has 0 unspecified atom stereocenters. The van der Waals surface area contributed by atoms with Crippen molar-refractivity contribution in [1.29, 1.82) is 0 Å². The average molecular weight is 382 g/mol. The SMILES string of the molecule is CNC(=O)c1ccc2nc(-c3cc(-c4cncn4C)nc4ccccc34)[nH]c2c1. The van der Waals surface area contributed by atoms with Crippen LogP contribution >= 0.6 is 0 Å². The van der Waals surface area contributed by atoms with E-state index in [1.165, 1.54) is 0 Å². The number of nitrogens with zero attached hydrogens (tertiary/aromatic N) is 4. The summed E-state index contributed by atoms with van der Waals surface area (Å²) in [7, 11) is 3.56. The highest BCUT2D eigenvalue weighted by atomic mass is 16.1. The molecule has 29 heavy (non-hydrogen) atoms. The number of fused-ring (bicyclic) bond motifs is 2. The predicted molar refractivity (Wildman–Crippen MR) is 112 cm³/mol. The van der Waals surface area contributed by atoms with Gasteiger partial charge in [-0.2, -0.15) is 0 Å². The molecule has 0 saturated carbocycles. The zero-order chi connectivity index (χ0) is 20.0. The molecule has 2 aromatic carbocycles. The van der Waals surface area contributed by atoms with E-state index in [1.807, 2.05) is 54.1 Å². The maximum Gasteiger partial charge on any atom is 0.251 e. The van der Waals surface area contributed by atoms with E-state index in [-0.39, 0.29) is 5.91 Å². The molecule has 7 nitrogen and oxygen atoms in total. The second kappa shape index (κ2) is 6.56. The molecule has 0 radical (unpaired) electrons. The maximum absolute atomic E-state index is 12.0. The van der Waals surface area contributed by atoms with Crippen molar-refractivity contribution in [2.45, 2.75) is 0 Å². The van der Waals surface area contributed by atoms with Gasteiger partial charge in [-0.3, -0.25) is 4.79 Å². The molecule has 1 amide bonds. The van der Waals surface area contributed by atoms with Gasteiger partial charge in [0.15, 0.2) is 0 Å². The molecule has 0 atom stereocenters. The van der Waals surface area contributed by atoms with E-state index < -0.39 is 0 Å². The number of aryl methyl sites for hydroxylation is 1. The van der Waals surface area contributed by atoms with Crippen molar-refractivity contribution in [3.05, 3.63) is 66.6 Å². The van der Waals surface area contributed by atoms with Crippen LogP contribution in [-0.2, 0) is 7.05 Å². The van der Waals surface area contributed by atoms with E-state index in [0.29, 0.717) is 5.56 Å². The van der Waals surface area contributed by atoms with Crippen LogP contribution in [0.1, 0.15) is 10.4 Å². The average Bonchev–Trinajstić information content (AvgIpc) is 3.37. The largest absolute Gasteiger partial charge is 0.355 e. The number of rotatable bonds is 3. The highest BCUT2D eigenvalue weighted by Gasteiger charge is 2.15. The standard InChI is InChI=1S/C22H18N6O/c1-23-22(29)13-7-8-17-18(9-13)27-21(26-17)15-10-19(20-11-24-12-28(20)2)25-16-6-4-3-5-14(15)16/h3-12H,1-2H3,(H,23,29)(H,26,27). The highest BCUT2D eigenvalue weighted by molar-refractivity contribution is 5.99. The fourth-order valence-electron chi connectivity index (χ4n) is 3.53. The molecular formula is C22H18N6O. The Kier molecular flexibility index (Phi) is 3.87. The monoisotopic (exact) mass is 382 g/mol. The lowest BCUT2D eigenvalue weighted by atomic mass is 10.1. The Morgan fingerprint density at radius 3 is 2.72 bits per heavy atom. The van der Waals surface area contributed by atoms with Gasteiger partial charge in [-0.15, -0.1) is 0 Å². The second-order valence-corrected chi connectivity index (χ2v) is 6.86. The number of H-pyrrole nitrogens is 1. The Hall–Kier alpha value is -4.00. The number of nitrogens with one attached hydrogen (secondary N) is 2. The Balaban J connectivity index is 1.73. The minimum absolute atomic E-state index is 0.129. The van der Waals surface area contributed by atoms with Crippen LogP contribution in [0.25, 0.3) is 44.7 Å². The summed E-state index contributed by atoms with van der Waals surface area (Å²) in [6.07, 6.45) is 3.56. The van der Waals surface area contributed by atoms with Gasteiger partial charge in [0.05, 0.1) is 40.5 Å². The van der Waals surface area contributed by atoms with Crippen LogP contribution in [-0.4, -0.2) is 37.5 Å². The molecule has 2 N–H and O–H groups in total. The van der Waals surface area contributed by atoms with Crippen molar-refractivity contribution in [1.82, 2.24) is 29.8 Å². The molecule has 3 heterocycles. The van der Waals surface area contributed by atoms with Gasteiger partial charge in [0, 0.05) is 30.6 Å². The van der Waals surface area contributed by atoms with Gasteiger partial charge in [-0.25, -0.2) is 15.0 Å². The molecule has 0 spiro atoms. The third kappa shape index (κ3) is 2.84. The van der Waals surface area contributed by atoms with Gasteiger partial charge in [0.2, 0.25) is 0 Å². The minimum atomic E-state index is -0.129. The summed E-state index contributed by atoms with van der Waals surface area (Å²) >= 11 is 0. The number of imidazole rings is 2. The number of hydrogen-bond donors (Lipinski definition) is 2. The number of carbonyl (C=O) groups excluding carboxylic acids is 1. The Labute approximate surface area is 166 Å². The van der Waals surface area contributed by atoms with Gasteiger partial charge in [-0.05, 0) is 30.3 Å². The molecule has 3 aromatic heterocycles. The predicted octanol–water partition coefficient (Wildman–Crippen LogP) is 3.54. The first-order chi connectivity index (χ1) is 14.1. The van der Waals surface area contributed by atoms with Crippen LogP contribution in [0.5, 0.6) is 0 Å². The van der Waals surface area contributed by atoms with Crippen LogP contribution < -0.4 is 5.32 Å². The van der Waals surface area contributed by atoms with Gasteiger partial charge >= 0.3 is 0 Å². The lowest BCUT2D eigenvalue weighted by Crippen LogP contribution is -2.17. The van der Waals surface area contributed by atoms with Crippen molar-refractivity contribution in [3.8, 4) is 22.8 Å². The molecule has 0 aliphatic rings. The van der Waals surface area contributed by atoms with Crippen LogP contribution in [0.3, 0.4) is 0 Å². The smallest absolute Gasteiger partial charge is 0.251 e. The molecule has 0 fully saturated rings. The number of aromatic nitrogens is 5. The highest BCUT2D eigenvalue weighted by Crippen LogP contribution is 2.31. The number of hydrogen-bond acceptors (Lipinski definition) is 4. The van der Waals surface area contributed by atoms with E-state index >= 15 is 0 Å². The van der Waals surface area contributed by atoms with E-state index in [4.69, 9.17) is 9.97 Å². The quantitative estimate of drug-likeness (QED) is 0.500. The fourth-order valence-corrected chi connectivity index (χ4v) is 3.53. The lowest BCUT2D eigenvalue weighted by Gasteiger charge is -2.08. The van der Waals surface area contributed by atoms with Crippen LogP contribution in [0.2, 0.25) is 0 Å². The number of para-hydroxylation sites is 1. The second-order valence-electron chi connectivity index (χ2n) is 6.86. The van der Waals surface area contributed by atoms with Gasteiger partial charge < -0.3 is 14.9 Å². The molecule has 142 valence electrons. The molecule has 5 aromatic rings. The third-order valence-corrected chi connectivity index (χ3v) is 5.02. The first kappa shape index (κ1) is 17.1. The summed E-state index contributed by atoms with van der Waals surface area (Å²) in [5.41, 5.74) is 5.78. The molecule has 0 saturated heterocycles. The molecule has 0 bridgehead atoms. The van der Waals surface area contributed by atoms with E-state index in [0.717, 1.165) is 44.7 Å². The van der Waals surface area contributed by atoms with Crippen LogP contribution in [0, 0.1) is 0 Å². The van der Waals surface area contributed by atoms with Gasteiger partial charge in [-0.1, -0.05) is 18.2 Å². The molecule has 0 aliphatic carbocycles. The lowest BCUT2D eigenvalue weighted by molar-refractivity contribution is 0.0963. The molecule has 7 heteroatoms. The molecule has 0 aliphatic heterocycles. The Morgan fingerprint density at radius 2 is 1.93 bits per heavy atom. The minimum Gasteiger partial charge on any atom is -0.355 e. The summed E-state index contributed by atoms with van der Waals surface area (Å²) in [6.45, 7) is 0. The molecule has 5 rings (SSSR count).